The zero-order valence-corrected chi connectivity index (χ0v) is 18.4. The van der Waals surface area contributed by atoms with Gasteiger partial charge in [0.25, 0.3) is 0 Å². The molecule has 0 unspecified atom stereocenters. The molecular formula is C19H21BrClFN2OSi. The van der Waals surface area contributed by atoms with Gasteiger partial charge in [0.15, 0.2) is 0 Å². The predicted molar refractivity (Wildman–Crippen MR) is 112 cm³/mol. The molecule has 0 spiro atoms. The summed E-state index contributed by atoms with van der Waals surface area (Å²) in [5, 5.41) is 1.24. The van der Waals surface area contributed by atoms with Crippen molar-refractivity contribution in [2.24, 2.45) is 0 Å². The number of halogens is 3. The van der Waals surface area contributed by atoms with Crippen molar-refractivity contribution in [3.63, 3.8) is 0 Å². The number of benzene rings is 1. The SMILES string of the molecule is C[Si](C)(C)CCOCn1cc(-c2ccccc2F)c2c(Cl)c(Br)cnc21. The average molecular weight is 456 g/mol. The van der Waals surface area contributed by atoms with Crippen LogP contribution in [0.1, 0.15) is 0 Å². The van der Waals surface area contributed by atoms with Crippen molar-refractivity contribution in [1.29, 1.82) is 0 Å². The van der Waals surface area contributed by atoms with E-state index in [1.54, 1.807) is 18.3 Å². The van der Waals surface area contributed by atoms with Crippen molar-refractivity contribution in [2.45, 2.75) is 32.4 Å². The lowest BCUT2D eigenvalue weighted by Crippen LogP contribution is -2.22. The van der Waals surface area contributed by atoms with Crippen LogP contribution >= 0.6 is 27.5 Å². The Bertz CT molecular complexity index is 939. The van der Waals surface area contributed by atoms with Crippen molar-refractivity contribution >= 4 is 46.6 Å². The second-order valence-electron chi connectivity index (χ2n) is 7.46. The highest BCUT2D eigenvalue weighted by molar-refractivity contribution is 9.10. The monoisotopic (exact) mass is 454 g/mol. The summed E-state index contributed by atoms with van der Waals surface area (Å²) in [5.74, 6) is -0.290. The molecule has 1 aromatic carbocycles. The number of pyridine rings is 1. The summed E-state index contributed by atoms with van der Waals surface area (Å²) < 4.78 is 22.8. The molecule has 2 aromatic heterocycles. The largest absolute Gasteiger partial charge is 0.361 e. The predicted octanol–water partition coefficient (Wildman–Crippen LogP) is 6.57. The van der Waals surface area contributed by atoms with Gasteiger partial charge >= 0.3 is 0 Å². The number of hydrogen-bond donors (Lipinski definition) is 0. The van der Waals surface area contributed by atoms with Gasteiger partial charge in [-0.05, 0) is 28.0 Å². The van der Waals surface area contributed by atoms with E-state index >= 15 is 0 Å². The third-order valence-corrected chi connectivity index (χ3v) is 7.10. The Morgan fingerprint density at radius 2 is 1.96 bits per heavy atom. The van der Waals surface area contributed by atoms with Crippen LogP contribution < -0.4 is 0 Å². The summed E-state index contributed by atoms with van der Waals surface area (Å²) in [6.45, 7) is 8.01. The minimum absolute atomic E-state index is 0.290. The molecule has 26 heavy (non-hydrogen) atoms. The Balaban J connectivity index is 2.00. The van der Waals surface area contributed by atoms with E-state index in [2.05, 4.69) is 40.6 Å². The van der Waals surface area contributed by atoms with E-state index in [9.17, 15) is 4.39 Å². The van der Waals surface area contributed by atoms with Crippen LogP contribution in [0.25, 0.3) is 22.2 Å². The fraction of sp³-hybridized carbons (Fsp3) is 0.316. The van der Waals surface area contributed by atoms with Crippen LogP contribution in [0.3, 0.4) is 0 Å². The molecule has 3 rings (SSSR count). The first-order valence-corrected chi connectivity index (χ1v) is 13.3. The molecular weight excluding hydrogens is 435 g/mol. The summed E-state index contributed by atoms with van der Waals surface area (Å²) in [4.78, 5) is 4.48. The first-order chi connectivity index (χ1) is 12.3. The summed E-state index contributed by atoms with van der Waals surface area (Å²) in [6.07, 6.45) is 3.53. The molecule has 7 heteroatoms. The highest BCUT2D eigenvalue weighted by atomic mass is 79.9. The number of ether oxygens (including phenoxy) is 1. The average Bonchev–Trinajstić information content (AvgIpc) is 2.94. The van der Waals surface area contributed by atoms with Gasteiger partial charge in [0.05, 0.1) is 9.50 Å². The molecule has 0 aliphatic rings. The second kappa shape index (κ2) is 7.80. The van der Waals surface area contributed by atoms with Crippen molar-refractivity contribution in [3.8, 4) is 11.1 Å². The molecule has 0 aliphatic heterocycles. The van der Waals surface area contributed by atoms with Gasteiger partial charge < -0.3 is 9.30 Å². The Kier molecular flexibility index (Phi) is 5.87. The molecule has 3 nitrogen and oxygen atoms in total. The topological polar surface area (TPSA) is 27.1 Å². The Labute approximate surface area is 167 Å². The molecule has 3 aromatic rings. The van der Waals surface area contributed by atoms with E-state index in [0.29, 0.717) is 39.6 Å². The molecule has 0 saturated carbocycles. The number of rotatable bonds is 6. The van der Waals surface area contributed by atoms with Crippen LogP contribution in [0.5, 0.6) is 0 Å². The zero-order valence-electron chi connectivity index (χ0n) is 15.0. The van der Waals surface area contributed by atoms with Crippen LogP contribution in [0.4, 0.5) is 4.39 Å². The lowest BCUT2D eigenvalue weighted by molar-refractivity contribution is 0.0899. The lowest BCUT2D eigenvalue weighted by atomic mass is 10.1. The first kappa shape index (κ1) is 19.5. The zero-order chi connectivity index (χ0) is 18.9. The third-order valence-electron chi connectivity index (χ3n) is 4.17. The highest BCUT2D eigenvalue weighted by Crippen LogP contribution is 2.38. The molecule has 0 saturated heterocycles. The number of hydrogen-bond acceptors (Lipinski definition) is 2. The van der Waals surface area contributed by atoms with Gasteiger partial charge in [0.2, 0.25) is 0 Å². The van der Waals surface area contributed by atoms with Gasteiger partial charge in [-0.25, -0.2) is 9.37 Å². The van der Waals surface area contributed by atoms with E-state index < -0.39 is 8.07 Å². The van der Waals surface area contributed by atoms with Crippen LogP contribution in [-0.4, -0.2) is 24.2 Å². The van der Waals surface area contributed by atoms with Crippen molar-refractivity contribution in [1.82, 2.24) is 9.55 Å². The van der Waals surface area contributed by atoms with Crippen LogP contribution in [0.2, 0.25) is 30.7 Å². The normalized spacial score (nSPS) is 12.1. The molecule has 0 bridgehead atoms. The van der Waals surface area contributed by atoms with Gasteiger partial charge in [0.1, 0.15) is 18.2 Å². The molecule has 0 radical (unpaired) electrons. The molecule has 0 fully saturated rings. The Morgan fingerprint density at radius 1 is 1.23 bits per heavy atom. The number of fused-ring (bicyclic) bond motifs is 1. The van der Waals surface area contributed by atoms with Crippen molar-refractivity contribution in [3.05, 3.63) is 52.0 Å². The third kappa shape index (κ3) is 4.19. The fourth-order valence-corrected chi connectivity index (χ4v) is 4.01. The minimum Gasteiger partial charge on any atom is -0.361 e. The molecule has 0 amide bonds. The highest BCUT2D eigenvalue weighted by Gasteiger charge is 2.19. The van der Waals surface area contributed by atoms with E-state index in [4.69, 9.17) is 16.3 Å². The summed E-state index contributed by atoms with van der Waals surface area (Å²) in [5.41, 5.74) is 1.90. The second-order valence-corrected chi connectivity index (χ2v) is 14.3. The number of aromatic nitrogens is 2. The molecule has 2 heterocycles. The maximum atomic E-state index is 14.4. The number of nitrogens with zero attached hydrogens (tertiary/aromatic N) is 2. The van der Waals surface area contributed by atoms with Gasteiger partial charge in [0, 0.05) is 43.6 Å². The summed E-state index contributed by atoms with van der Waals surface area (Å²) in [6, 6.07) is 7.77. The molecule has 138 valence electrons. The van der Waals surface area contributed by atoms with Crippen LogP contribution in [0, 0.1) is 5.82 Å². The van der Waals surface area contributed by atoms with E-state index in [0.717, 1.165) is 11.4 Å². The van der Waals surface area contributed by atoms with Gasteiger partial charge in [-0.3, -0.25) is 0 Å². The molecule has 0 atom stereocenters. The summed E-state index contributed by atoms with van der Waals surface area (Å²) in [7, 11) is -1.15. The van der Waals surface area contributed by atoms with E-state index in [1.807, 2.05) is 16.8 Å². The summed E-state index contributed by atoms with van der Waals surface area (Å²) >= 11 is 9.92. The van der Waals surface area contributed by atoms with Gasteiger partial charge in [-0.15, -0.1) is 0 Å². The van der Waals surface area contributed by atoms with Crippen molar-refractivity contribution < 1.29 is 9.13 Å². The van der Waals surface area contributed by atoms with Crippen molar-refractivity contribution in [2.75, 3.05) is 6.61 Å². The van der Waals surface area contributed by atoms with Gasteiger partial charge in [-0.1, -0.05) is 49.4 Å². The standard InChI is InChI=1S/C19H21BrClFN2OSi/c1-26(2,3)9-8-25-12-24-11-14(13-6-4-5-7-16(13)22)17-18(21)15(20)10-23-19(17)24/h4-7,10-11H,8-9,12H2,1-3H3. The van der Waals surface area contributed by atoms with E-state index in [-0.39, 0.29) is 5.82 Å². The Hall–Kier alpha value is -1.21. The maximum Gasteiger partial charge on any atom is 0.143 e. The van der Waals surface area contributed by atoms with Gasteiger partial charge in [-0.2, -0.15) is 0 Å². The molecule has 0 N–H and O–H groups in total. The maximum absolute atomic E-state index is 14.4. The smallest absolute Gasteiger partial charge is 0.143 e. The lowest BCUT2D eigenvalue weighted by Gasteiger charge is -2.15. The van der Waals surface area contributed by atoms with Crippen LogP contribution in [0.15, 0.2) is 41.1 Å². The fourth-order valence-electron chi connectivity index (χ4n) is 2.72. The molecule has 0 aliphatic carbocycles. The van der Waals surface area contributed by atoms with E-state index in [1.165, 1.54) is 6.07 Å². The quantitative estimate of drug-likeness (QED) is 0.310. The van der Waals surface area contributed by atoms with Crippen LogP contribution in [-0.2, 0) is 11.5 Å². The first-order valence-electron chi connectivity index (χ1n) is 8.43. The Morgan fingerprint density at radius 3 is 2.65 bits per heavy atom. The minimum atomic E-state index is -1.15.